The molecule has 0 aliphatic heterocycles. The molecule has 0 amide bonds. The molecule has 17 heavy (non-hydrogen) atoms. The van der Waals surface area contributed by atoms with Crippen molar-refractivity contribution in [1.29, 1.82) is 0 Å². The monoisotopic (exact) mass is 226 g/mol. The number of imidazole rings is 1. The van der Waals surface area contributed by atoms with Crippen LogP contribution in [0.25, 0.3) is 6.08 Å². The Hall–Kier alpha value is -1.87. The highest BCUT2D eigenvalue weighted by atomic mass is 16.3. The molecule has 86 valence electrons. The lowest BCUT2D eigenvalue weighted by Gasteiger charge is -2.11. The molecule has 1 heterocycles. The number of allylic oxidation sites excluding steroid dienone is 1. The maximum Gasteiger partial charge on any atom is 0.0923 e. The summed E-state index contributed by atoms with van der Waals surface area (Å²) < 4.78 is 0. The Kier molecular flexibility index (Phi) is 2.53. The summed E-state index contributed by atoms with van der Waals surface area (Å²) in [5.41, 5.74) is 4.40. The van der Waals surface area contributed by atoms with E-state index < -0.39 is 6.10 Å². The van der Waals surface area contributed by atoms with Crippen molar-refractivity contribution in [2.45, 2.75) is 18.9 Å². The SMILES string of the molecule is OC(Cc1c[nH]cn1)c1ccc2c(c1)C=CC2. The van der Waals surface area contributed by atoms with Gasteiger partial charge in [-0.2, -0.15) is 0 Å². The molecule has 1 aliphatic carbocycles. The number of rotatable bonds is 3. The van der Waals surface area contributed by atoms with Crippen LogP contribution < -0.4 is 0 Å². The first kappa shape index (κ1) is 10.3. The second kappa shape index (κ2) is 4.18. The highest BCUT2D eigenvalue weighted by Gasteiger charge is 2.12. The zero-order chi connectivity index (χ0) is 11.7. The smallest absolute Gasteiger partial charge is 0.0923 e. The first-order valence-corrected chi connectivity index (χ1v) is 5.78. The Morgan fingerprint density at radius 1 is 1.41 bits per heavy atom. The van der Waals surface area contributed by atoms with Crippen molar-refractivity contribution in [3.8, 4) is 0 Å². The van der Waals surface area contributed by atoms with Crippen LogP contribution in [0.2, 0.25) is 0 Å². The third-order valence-corrected chi connectivity index (χ3v) is 3.15. The Labute approximate surface area is 99.8 Å². The molecule has 1 atom stereocenters. The van der Waals surface area contributed by atoms with Gasteiger partial charge >= 0.3 is 0 Å². The van der Waals surface area contributed by atoms with E-state index >= 15 is 0 Å². The van der Waals surface area contributed by atoms with Gasteiger partial charge in [-0.1, -0.05) is 24.3 Å². The van der Waals surface area contributed by atoms with E-state index in [9.17, 15) is 5.11 Å². The molecule has 2 N–H and O–H groups in total. The molecule has 1 aromatic carbocycles. The van der Waals surface area contributed by atoms with Crippen molar-refractivity contribution in [3.05, 3.63) is 59.2 Å². The molecule has 3 heteroatoms. The van der Waals surface area contributed by atoms with E-state index in [1.54, 1.807) is 6.33 Å². The van der Waals surface area contributed by atoms with Crippen molar-refractivity contribution < 1.29 is 5.11 Å². The topological polar surface area (TPSA) is 48.9 Å². The van der Waals surface area contributed by atoms with Gasteiger partial charge in [-0.3, -0.25) is 0 Å². The number of nitrogens with zero attached hydrogens (tertiary/aromatic N) is 1. The van der Waals surface area contributed by atoms with E-state index in [1.165, 1.54) is 11.1 Å². The van der Waals surface area contributed by atoms with E-state index in [4.69, 9.17) is 0 Å². The van der Waals surface area contributed by atoms with Gasteiger partial charge in [0.25, 0.3) is 0 Å². The molecular formula is C14H14N2O. The summed E-state index contributed by atoms with van der Waals surface area (Å²) in [6.07, 6.45) is 8.77. The molecule has 3 nitrogen and oxygen atoms in total. The standard InChI is InChI=1S/C14H14N2O/c17-14(7-13-8-15-9-16-13)12-5-4-10-2-1-3-11(10)6-12/h1,3-6,8-9,14,17H,2,7H2,(H,15,16). The second-order valence-corrected chi connectivity index (χ2v) is 4.35. The summed E-state index contributed by atoms with van der Waals surface area (Å²) in [4.78, 5) is 7.02. The predicted octanol–water partition coefficient (Wildman–Crippen LogP) is 2.26. The van der Waals surface area contributed by atoms with Gasteiger partial charge in [-0.15, -0.1) is 0 Å². The van der Waals surface area contributed by atoms with Gasteiger partial charge in [0.1, 0.15) is 0 Å². The third kappa shape index (κ3) is 2.01. The number of fused-ring (bicyclic) bond motifs is 1. The Balaban J connectivity index is 1.81. The largest absolute Gasteiger partial charge is 0.388 e. The van der Waals surface area contributed by atoms with Gasteiger partial charge in [0, 0.05) is 12.6 Å². The molecule has 3 rings (SSSR count). The van der Waals surface area contributed by atoms with Crippen LogP contribution in [-0.4, -0.2) is 15.1 Å². The molecular weight excluding hydrogens is 212 g/mol. The zero-order valence-electron chi connectivity index (χ0n) is 9.43. The Morgan fingerprint density at radius 3 is 3.18 bits per heavy atom. The fourth-order valence-corrected chi connectivity index (χ4v) is 2.19. The number of H-pyrrole nitrogens is 1. The van der Waals surface area contributed by atoms with E-state index in [2.05, 4.69) is 34.3 Å². The molecule has 1 aliphatic rings. The lowest BCUT2D eigenvalue weighted by molar-refractivity contribution is 0.177. The van der Waals surface area contributed by atoms with Crippen LogP contribution in [0.4, 0.5) is 0 Å². The van der Waals surface area contributed by atoms with Crippen LogP contribution in [0.5, 0.6) is 0 Å². The molecule has 0 bridgehead atoms. The van der Waals surface area contributed by atoms with Gasteiger partial charge in [0.15, 0.2) is 0 Å². The summed E-state index contributed by atoms with van der Waals surface area (Å²) in [5.74, 6) is 0. The molecule has 0 fully saturated rings. The lowest BCUT2D eigenvalue weighted by atomic mass is 10.0. The maximum absolute atomic E-state index is 10.1. The zero-order valence-corrected chi connectivity index (χ0v) is 9.43. The van der Waals surface area contributed by atoms with Gasteiger partial charge in [0.2, 0.25) is 0 Å². The van der Waals surface area contributed by atoms with Crippen molar-refractivity contribution in [1.82, 2.24) is 9.97 Å². The highest BCUT2D eigenvalue weighted by molar-refractivity contribution is 5.60. The molecule has 1 unspecified atom stereocenters. The van der Waals surface area contributed by atoms with Gasteiger partial charge in [0.05, 0.1) is 18.1 Å². The Morgan fingerprint density at radius 2 is 2.35 bits per heavy atom. The van der Waals surface area contributed by atoms with Crippen LogP contribution in [0.15, 0.2) is 36.8 Å². The van der Waals surface area contributed by atoms with Crippen molar-refractivity contribution in [2.75, 3.05) is 0 Å². The molecule has 2 aromatic rings. The number of hydrogen-bond acceptors (Lipinski definition) is 2. The maximum atomic E-state index is 10.1. The number of aliphatic hydroxyl groups excluding tert-OH is 1. The number of nitrogens with one attached hydrogen (secondary N) is 1. The first-order valence-electron chi connectivity index (χ1n) is 5.78. The fraction of sp³-hybridized carbons (Fsp3) is 0.214. The number of aromatic nitrogens is 2. The quantitative estimate of drug-likeness (QED) is 0.843. The van der Waals surface area contributed by atoms with Crippen molar-refractivity contribution in [3.63, 3.8) is 0 Å². The number of aliphatic hydroxyl groups is 1. The van der Waals surface area contributed by atoms with Crippen LogP contribution in [0.1, 0.15) is 28.5 Å². The van der Waals surface area contributed by atoms with E-state index in [-0.39, 0.29) is 0 Å². The first-order chi connectivity index (χ1) is 8.33. The molecule has 0 radical (unpaired) electrons. The normalized spacial score (nSPS) is 14.9. The lowest BCUT2D eigenvalue weighted by Crippen LogP contribution is -2.02. The minimum absolute atomic E-state index is 0.488. The highest BCUT2D eigenvalue weighted by Crippen LogP contribution is 2.25. The Bertz CT molecular complexity index is 543. The van der Waals surface area contributed by atoms with Gasteiger partial charge in [-0.05, 0) is 29.2 Å². The minimum Gasteiger partial charge on any atom is -0.388 e. The predicted molar refractivity (Wildman–Crippen MR) is 66.4 cm³/mol. The van der Waals surface area contributed by atoms with Gasteiger partial charge < -0.3 is 10.1 Å². The average molecular weight is 226 g/mol. The molecule has 0 saturated heterocycles. The van der Waals surface area contributed by atoms with Gasteiger partial charge in [-0.25, -0.2) is 4.98 Å². The summed E-state index contributed by atoms with van der Waals surface area (Å²) in [6, 6.07) is 6.16. The van der Waals surface area contributed by atoms with Crippen molar-refractivity contribution in [2.24, 2.45) is 0 Å². The molecule has 0 spiro atoms. The molecule has 1 aromatic heterocycles. The number of benzene rings is 1. The van der Waals surface area contributed by atoms with Crippen LogP contribution in [0, 0.1) is 0 Å². The summed E-state index contributed by atoms with van der Waals surface area (Å²) in [5, 5.41) is 10.1. The summed E-state index contributed by atoms with van der Waals surface area (Å²) in [6.45, 7) is 0. The second-order valence-electron chi connectivity index (χ2n) is 4.35. The molecule has 0 saturated carbocycles. The van der Waals surface area contributed by atoms with Crippen molar-refractivity contribution >= 4 is 6.08 Å². The third-order valence-electron chi connectivity index (χ3n) is 3.15. The average Bonchev–Trinajstić information content (AvgIpc) is 2.97. The van der Waals surface area contributed by atoms with E-state index in [1.807, 2.05) is 12.3 Å². The fourth-order valence-electron chi connectivity index (χ4n) is 2.19. The van der Waals surface area contributed by atoms with E-state index in [0.717, 1.165) is 17.7 Å². The van der Waals surface area contributed by atoms with Crippen LogP contribution >= 0.6 is 0 Å². The minimum atomic E-state index is -0.488. The van der Waals surface area contributed by atoms with Crippen LogP contribution in [-0.2, 0) is 12.8 Å². The number of aromatic amines is 1. The van der Waals surface area contributed by atoms with Crippen LogP contribution in [0.3, 0.4) is 0 Å². The summed E-state index contributed by atoms with van der Waals surface area (Å²) >= 11 is 0. The van der Waals surface area contributed by atoms with E-state index in [0.29, 0.717) is 6.42 Å². The summed E-state index contributed by atoms with van der Waals surface area (Å²) in [7, 11) is 0. The number of hydrogen-bond donors (Lipinski definition) is 2.